The molecule has 1 aliphatic rings. The lowest BCUT2D eigenvalue weighted by Crippen LogP contribution is -2.25. The monoisotopic (exact) mass is 285 g/mol. The van der Waals surface area contributed by atoms with Crippen LogP contribution < -0.4 is 5.32 Å². The molecule has 2 aromatic rings. The standard InChI is InChI=1S/C13H16ClN3.ClH/c14-13-12-9(5-6-15-13)7-11(17-12)8-16-10-3-1-2-4-10;/h5-7,10,16-17H,1-4,8H2;1H. The third kappa shape index (κ3) is 2.79. The van der Waals surface area contributed by atoms with Gasteiger partial charge in [-0.25, -0.2) is 4.98 Å². The lowest BCUT2D eigenvalue weighted by atomic mass is 10.2. The summed E-state index contributed by atoms with van der Waals surface area (Å²) in [5.74, 6) is 0. The van der Waals surface area contributed by atoms with E-state index in [1.807, 2.05) is 6.07 Å². The Morgan fingerprint density at radius 3 is 2.89 bits per heavy atom. The predicted octanol–water partition coefficient (Wildman–Crippen LogP) is 3.67. The van der Waals surface area contributed by atoms with Crippen molar-refractivity contribution in [2.45, 2.75) is 38.3 Å². The first-order valence-corrected chi connectivity index (χ1v) is 6.56. The van der Waals surface area contributed by atoms with Gasteiger partial charge in [0.25, 0.3) is 0 Å². The zero-order valence-electron chi connectivity index (χ0n) is 10.1. The van der Waals surface area contributed by atoms with Gasteiger partial charge in [-0.1, -0.05) is 24.4 Å². The molecule has 3 rings (SSSR count). The molecule has 0 aliphatic heterocycles. The van der Waals surface area contributed by atoms with Crippen molar-refractivity contribution in [1.82, 2.24) is 15.3 Å². The third-order valence-corrected chi connectivity index (χ3v) is 3.78. The van der Waals surface area contributed by atoms with Crippen LogP contribution in [0.1, 0.15) is 31.4 Å². The number of halogens is 2. The van der Waals surface area contributed by atoms with Crippen LogP contribution in [0, 0.1) is 0 Å². The van der Waals surface area contributed by atoms with Crippen molar-refractivity contribution in [2.24, 2.45) is 0 Å². The molecule has 1 fully saturated rings. The van der Waals surface area contributed by atoms with Gasteiger partial charge >= 0.3 is 0 Å². The van der Waals surface area contributed by atoms with E-state index in [1.54, 1.807) is 6.20 Å². The highest BCUT2D eigenvalue weighted by atomic mass is 35.5. The molecule has 5 heteroatoms. The van der Waals surface area contributed by atoms with E-state index in [0.29, 0.717) is 11.2 Å². The summed E-state index contributed by atoms with van der Waals surface area (Å²) in [5.41, 5.74) is 2.12. The van der Waals surface area contributed by atoms with Crippen molar-refractivity contribution < 1.29 is 0 Å². The highest BCUT2D eigenvalue weighted by Gasteiger charge is 2.14. The van der Waals surface area contributed by atoms with E-state index in [9.17, 15) is 0 Å². The van der Waals surface area contributed by atoms with Gasteiger partial charge < -0.3 is 10.3 Å². The van der Waals surface area contributed by atoms with Crippen molar-refractivity contribution in [3.05, 3.63) is 29.2 Å². The van der Waals surface area contributed by atoms with Gasteiger partial charge in [-0.2, -0.15) is 0 Å². The summed E-state index contributed by atoms with van der Waals surface area (Å²) in [7, 11) is 0. The number of hydrogen-bond donors (Lipinski definition) is 2. The Labute approximate surface area is 118 Å². The SMILES string of the molecule is Cl.Clc1nccc2cc(CNC3CCCC3)[nH]c12. The quantitative estimate of drug-likeness (QED) is 0.845. The molecule has 0 amide bonds. The van der Waals surface area contributed by atoms with Crippen LogP contribution in [0.15, 0.2) is 18.3 Å². The molecule has 0 unspecified atom stereocenters. The Morgan fingerprint density at radius 2 is 2.17 bits per heavy atom. The van der Waals surface area contributed by atoms with Gasteiger partial charge in [0.15, 0.2) is 5.15 Å². The van der Waals surface area contributed by atoms with Gasteiger partial charge in [0, 0.05) is 29.9 Å². The summed E-state index contributed by atoms with van der Waals surface area (Å²) < 4.78 is 0. The van der Waals surface area contributed by atoms with Crippen LogP contribution in [-0.4, -0.2) is 16.0 Å². The molecule has 0 bridgehead atoms. The normalized spacial score (nSPS) is 16.1. The second kappa shape index (κ2) is 5.91. The van der Waals surface area contributed by atoms with Crippen LogP contribution in [0.5, 0.6) is 0 Å². The highest BCUT2D eigenvalue weighted by Crippen LogP contribution is 2.22. The van der Waals surface area contributed by atoms with E-state index in [2.05, 4.69) is 21.4 Å². The highest BCUT2D eigenvalue weighted by molar-refractivity contribution is 6.33. The van der Waals surface area contributed by atoms with Crippen LogP contribution in [0.4, 0.5) is 0 Å². The average molecular weight is 286 g/mol. The fourth-order valence-electron chi connectivity index (χ4n) is 2.56. The molecule has 0 aromatic carbocycles. The maximum atomic E-state index is 6.03. The topological polar surface area (TPSA) is 40.7 Å². The van der Waals surface area contributed by atoms with Gasteiger partial charge in [0.2, 0.25) is 0 Å². The smallest absolute Gasteiger partial charge is 0.153 e. The Morgan fingerprint density at radius 1 is 1.39 bits per heavy atom. The molecular weight excluding hydrogens is 269 g/mol. The van der Waals surface area contributed by atoms with E-state index in [4.69, 9.17) is 11.6 Å². The average Bonchev–Trinajstić information content (AvgIpc) is 2.95. The second-order valence-corrected chi connectivity index (χ2v) is 5.08. The number of nitrogens with one attached hydrogen (secondary N) is 2. The number of rotatable bonds is 3. The summed E-state index contributed by atoms with van der Waals surface area (Å²) in [4.78, 5) is 7.40. The van der Waals surface area contributed by atoms with Crippen LogP contribution in [0.2, 0.25) is 5.15 Å². The summed E-state index contributed by atoms with van der Waals surface area (Å²) in [6.45, 7) is 0.885. The molecular formula is C13H17Cl2N3. The Kier molecular flexibility index (Phi) is 4.49. The first kappa shape index (κ1) is 13.7. The molecule has 1 saturated carbocycles. The minimum Gasteiger partial charge on any atom is -0.355 e. The molecule has 3 nitrogen and oxygen atoms in total. The van der Waals surface area contributed by atoms with Crippen molar-refractivity contribution in [1.29, 1.82) is 0 Å². The minimum absolute atomic E-state index is 0. The fourth-order valence-corrected chi connectivity index (χ4v) is 2.77. The predicted molar refractivity (Wildman–Crippen MR) is 77.4 cm³/mol. The van der Waals surface area contributed by atoms with Gasteiger partial charge in [-0.3, -0.25) is 0 Å². The molecule has 0 atom stereocenters. The molecule has 1 aliphatic carbocycles. The van der Waals surface area contributed by atoms with Crippen LogP contribution in [0.3, 0.4) is 0 Å². The molecule has 2 heterocycles. The first-order chi connectivity index (χ1) is 8.33. The third-order valence-electron chi connectivity index (χ3n) is 3.49. The zero-order valence-corrected chi connectivity index (χ0v) is 11.7. The van der Waals surface area contributed by atoms with Gasteiger partial charge in [-0.15, -0.1) is 12.4 Å². The van der Waals surface area contributed by atoms with Gasteiger partial charge in [0.05, 0.1) is 5.52 Å². The van der Waals surface area contributed by atoms with Crippen molar-refractivity contribution in [3.63, 3.8) is 0 Å². The number of fused-ring (bicyclic) bond motifs is 1. The Bertz CT molecular complexity index is 518. The summed E-state index contributed by atoms with van der Waals surface area (Å²) >= 11 is 6.03. The maximum Gasteiger partial charge on any atom is 0.153 e. The number of pyridine rings is 1. The number of aromatic amines is 1. The molecule has 0 spiro atoms. The van der Waals surface area contributed by atoms with Crippen molar-refractivity contribution in [3.8, 4) is 0 Å². The second-order valence-electron chi connectivity index (χ2n) is 4.72. The first-order valence-electron chi connectivity index (χ1n) is 6.18. The number of H-pyrrole nitrogens is 1. The number of hydrogen-bond acceptors (Lipinski definition) is 2. The van der Waals surface area contributed by atoms with Crippen molar-refractivity contribution in [2.75, 3.05) is 0 Å². The number of nitrogens with zero attached hydrogens (tertiary/aromatic N) is 1. The van der Waals surface area contributed by atoms with Crippen LogP contribution >= 0.6 is 24.0 Å². The summed E-state index contributed by atoms with van der Waals surface area (Å²) in [6, 6.07) is 4.82. The maximum absolute atomic E-state index is 6.03. The molecule has 0 radical (unpaired) electrons. The van der Waals surface area contributed by atoms with E-state index >= 15 is 0 Å². The van der Waals surface area contributed by atoms with Gasteiger partial charge in [-0.05, 0) is 25.0 Å². The summed E-state index contributed by atoms with van der Waals surface area (Å²) in [6.07, 6.45) is 7.08. The lowest BCUT2D eigenvalue weighted by molar-refractivity contribution is 0.520. The summed E-state index contributed by atoms with van der Waals surface area (Å²) in [5, 5.41) is 5.27. The minimum atomic E-state index is 0. The van der Waals surface area contributed by atoms with E-state index in [-0.39, 0.29) is 12.4 Å². The molecule has 18 heavy (non-hydrogen) atoms. The van der Waals surface area contributed by atoms with Crippen LogP contribution in [-0.2, 0) is 6.54 Å². The largest absolute Gasteiger partial charge is 0.355 e. The molecule has 98 valence electrons. The lowest BCUT2D eigenvalue weighted by Gasteiger charge is -2.10. The van der Waals surface area contributed by atoms with E-state index in [1.165, 1.54) is 31.4 Å². The van der Waals surface area contributed by atoms with E-state index in [0.717, 1.165) is 17.4 Å². The Hall–Kier alpha value is -0.770. The molecule has 2 aromatic heterocycles. The Balaban J connectivity index is 0.00000120. The fraction of sp³-hybridized carbons (Fsp3) is 0.462. The van der Waals surface area contributed by atoms with E-state index < -0.39 is 0 Å². The molecule has 2 N–H and O–H groups in total. The zero-order chi connectivity index (χ0) is 11.7. The van der Waals surface area contributed by atoms with Gasteiger partial charge in [0.1, 0.15) is 0 Å². The molecule has 0 saturated heterocycles. The van der Waals surface area contributed by atoms with Crippen molar-refractivity contribution >= 4 is 34.9 Å². The van der Waals surface area contributed by atoms with Crippen LogP contribution in [0.25, 0.3) is 10.9 Å². The number of aromatic nitrogens is 2.